The third-order valence-corrected chi connectivity index (χ3v) is 3.97. The fraction of sp³-hybridized carbons (Fsp3) is 0.526. The third-order valence-electron chi connectivity index (χ3n) is 3.97. The second-order valence-corrected chi connectivity index (χ2v) is 6.13. The second kappa shape index (κ2) is 8.62. The zero-order valence-electron chi connectivity index (χ0n) is 13.7. The first-order valence-electron chi connectivity index (χ1n) is 8.39. The quantitative estimate of drug-likeness (QED) is 0.533. The molecule has 0 spiro atoms. The Morgan fingerprint density at radius 1 is 1.36 bits per heavy atom. The van der Waals surface area contributed by atoms with Crippen LogP contribution in [0.25, 0.3) is 6.08 Å². The van der Waals surface area contributed by atoms with Crippen molar-refractivity contribution in [3.05, 3.63) is 35.9 Å². The molecule has 3 nitrogen and oxygen atoms in total. The summed E-state index contributed by atoms with van der Waals surface area (Å²) in [6, 6.07) is 8.63. The fourth-order valence-electron chi connectivity index (χ4n) is 2.52. The molecule has 0 bridgehead atoms. The molecule has 2 rings (SSSR count). The van der Waals surface area contributed by atoms with Crippen molar-refractivity contribution >= 4 is 17.7 Å². The molecule has 1 fully saturated rings. The van der Waals surface area contributed by atoms with E-state index in [9.17, 15) is 4.79 Å². The van der Waals surface area contributed by atoms with Crippen molar-refractivity contribution in [2.75, 3.05) is 11.9 Å². The summed E-state index contributed by atoms with van der Waals surface area (Å²) in [5.74, 6) is 0.728. The molecule has 0 radical (unpaired) electrons. The van der Waals surface area contributed by atoms with Crippen LogP contribution in [0, 0.1) is 5.92 Å². The number of esters is 1. The number of carbonyl (C=O) groups is 1. The van der Waals surface area contributed by atoms with Crippen LogP contribution < -0.4 is 5.32 Å². The van der Waals surface area contributed by atoms with Crippen LogP contribution in [0.1, 0.15) is 51.5 Å². The van der Waals surface area contributed by atoms with E-state index >= 15 is 0 Å². The van der Waals surface area contributed by atoms with Gasteiger partial charge in [-0.1, -0.05) is 37.8 Å². The lowest BCUT2D eigenvalue weighted by Gasteiger charge is -2.15. The molecule has 0 heterocycles. The van der Waals surface area contributed by atoms with Crippen LogP contribution in [0.4, 0.5) is 5.69 Å². The van der Waals surface area contributed by atoms with Crippen LogP contribution in [-0.2, 0) is 9.53 Å². The minimum absolute atomic E-state index is 0.297. The number of nitrogens with one attached hydrogen (secondary N) is 1. The van der Waals surface area contributed by atoms with Gasteiger partial charge in [-0.05, 0) is 50.0 Å². The van der Waals surface area contributed by atoms with Gasteiger partial charge in [-0.3, -0.25) is 0 Å². The van der Waals surface area contributed by atoms with Crippen molar-refractivity contribution < 1.29 is 9.53 Å². The number of anilines is 1. The Morgan fingerprint density at radius 3 is 2.73 bits per heavy atom. The van der Waals surface area contributed by atoms with Gasteiger partial charge in [0.05, 0.1) is 6.61 Å². The Bertz CT molecular complexity index is 489. The molecule has 22 heavy (non-hydrogen) atoms. The number of carbonyl (C=O) groups excluding carboxylic acids is 1. The molecular weight excluding hydrogens is 274 g/mol. The maximum absolute atomic E-state index is 11.3. The van der Waals surface area contributed by atoms with Crippen LogP contribution in [0.5, 0.6) is 0 Å². The Morgan fingerprint density at radius 2 is 2.09 bits per heavy atom. The molecule has 0 aromatic heterocycles. The summed E-state index contributed by atoms with van der Waals surface area (Å²) in [5, 5.41) is 3.53. The maximum atomic E-state index is 11.3. The number of hydrogen-bond acceptors (Lipinski definition) is 3. The summed E-state index contributed by atoms with van der Waals surface area (Å²) >= 11 is 0. The largest absolute Gasteiger partial charge is 0.463 e. The first kappa shape index (κ1) is 16.6. The van der Waals surface area contributed by atoms with Gasteiger partial charge >= 0.3 is 5.97 Å². The normalized spacial score (nSPS) is 15.7. The first-order chi connectivity index (χ1) is 10.7. The molecule has 0 aliphatic heterocycles. The third kappa shape index (κ3) is 6.33. The molecule has 120 valence electrons. The van der Waals surface area contributed by atoms with Crippen LogP contribution >= 0.6 is 0 Å². The van der Waals surface area contributed by atoms with E-state index in [1.54, 1.807) is 13.0 Å². The van der Waals surface area contributed by atoms with Gasteiger partial charge in [-0.25, -0.2) is 4.79 Å². The topological polar surface area (TPSA) is 38.3 Å². The second-order valence-electron chi connectivity index (χ2n) is 6.13. The van der Waals surface area contributed by atoms with Gasteiger partial charge in [-0.2, -0.15) is 0 Å². The van der Waals surface area contributed by atoms with Crippen LogP contribution in [0.15, 0.2) is 30.3 Å². The maximum Gasteiger partial charge on any atom is 0.330 e. The molecule has 1 aromatic rings. The predicted octanol–water partition coefficient (Wildman–Crippen LogP) is 4.64. The van der Waals surface area contributed by atoms with Crippen molar-refractivity contribution in [3.8, 4) is 0 Å². The Kier molecular flexibility index (Phi) is 6.50. The summed E-state index contributed by atoms with van der Waals surface area (Å²) in [6.45, 7) is 4.45. The van der Waals surface area contributed by atoms with Gasteiger partial charge in [0, 0.05) is 17.8 Å². The molecule has 1 aromatic carbocycles. The highest BCUT2D eigenvalue weighted by atomic mass is 16.5. The van der Waals surface area contributed by atoms with Gasteiger partial charge in [0.15, 0.2) is 0 Å². The van der Waals surface area contributed by atoms with E-state index in [1.807, 2.05) is 12.1 Å². The molecule has 1 saturated carbocycles. The lowest BCUT2D eigenvalue weighted by molar-refractivity contribution is -0.137. The molecule has 1 N–H and O–H groups in total. The highest BCUT2D eigenvalue weighted by molar-refractivity contribution is 5.87. The van der Waals surface area contributed by atoms with E-state index in [-0.39, 0.29) is 5.97 Å². The summed E-state index contributed by atoms with van der Waals surface area (Å²) in [7, 11) is 0. The van der Waals surface area contributed by atoms with Crippen molar-refractivity contribution in [2.24, 2.45) is 5.92 Å². The number of hydrogen-bond donors (Lipinski definition) is 1. The molecule has 0 saturated heterocycles. The monoisotopic (exact) mass is 301 g/mol. The molecule has 1 aliphatic rings. The van der Waals surface area contributed by atoms with E-state index in [4.69, 9.17) is 4.74 Å². The number of ether oxygens (including phenoxy) is 1. The summed E-state index contributed by atoms with van der Waals surface area (Å²) in [4.78, 5) is 11.3. The minimum atomic E-state index is -0.297. The van der Waals surface area contributed by atoms with Crippen molar-refractivity contribution in [3.63, 3.8) is 0 Å². The van der Waals surface area contributed by atoms with Crippen LogP contribution in [0.2, 0.25) is 0 Å². The zero-order chi connectivity index (χ0) is 15.8. The van der Waals surface area contributed by atoms with Crippen molar-refractivity contribution in [1.29, 1.82) is 0 Å². The van der Waals surface area contributed by atoms with Crippen molar-refractivity contribution in [2.45, 2.75) is 52.0 Å². The molecular formula is C19H27NO2. The van der Waals surface area contributed by atoms with Crippen molar-refractivity contribution in [1.82, 2.24) is 0 Å². The number of rotatable bonds is 9. The van der Waals surface area contributed by atoms with E-state index < -0.39 is 0 Å². The highest BCUT2D eigenvalue weighted by Gasteiger charge is 2.20. The van der Waals surface area contributed by atoms with Gasteiger partial charge in [0.1, 0.15) is 0 Å². The molecule has 1 atom stereocenters. The highest BCUT2D eigenvalue weighted by Crippen LogP contribution is 2.34. The zero-order valence-corrected chi connectivity index (χ0v) is 13.7. The van der Waals surface area contributed by atoms with E-state index in [0.29, 0.717) is 12.6 Å². The standard InChI is InChI=1S/C19H27NO2/c1-3-22-19(21)14-11-17-9-12-18(13-10-17)20-15(2)5-4-6-16-7-8-16/h9-16,20H,3-8H2,1-2H3. The summed E-state index contributed by atoms with van der Waals surface area (Å²) in [6.07, 6.45) is 10.1. The SMILES string of the molecule is CCOC(=O)C=Cc1ccc(NC(C)CCCC2CC2)cc1. The van der Waals surface area contributed by atoms with Crippen LogP contribution in [-0.4, -0.2) is 18.6 Å². The molecule has 1 aliphatic carbocycles. The van der Waals surface area contributed by atoms with E-state index in [2.05, 4.69) is 24.4 Å². The average molecular weight is 301 g/mol. The van der Waals surface area contributed by atoms with E-state index in [0.717, 1.165) is 17.2 Å². The van der Waals surface area contributed by atoms with Gasteiger partial charge in [-0.15, -0.1) is 0 Å². The van der Waals surface area contributed by atoms with E-state index in [1.165, 1.54) is 38.2 Å². The van der Waals surface area contributed by atoms with Crippen LogP contribution in [0.3, 0.4) is 0 Å². The molecule has 3 heteroatoms. The minimum Gasteiger partial charge on any atom is -0.463 e. The Balaban J connectivity index is 1.74. The lowest BCUT2D eigenvalue weighted by Crippen LogP contribution is -2.14. The fourth-order valence-corrected chi connectivity index (χ4v) is 2.52. The summed E-state index contributed by atoms with van der Waals surface area (Å²) < 4.78 is 4.86. The number of benzene rings is 1. The molecule has 1 unspecified atom stereocenters. The average Bonchev–Trinajstić information content (AvgIpc) is 3.31. The smallest absolute Gasteiger partial charge is 0.330 e. The molecule has 0 amide bonds. The summed E-state index contributed by atoms with van der Waals surface area (Å²) in [5.41, 5.74) is 2.13. The van der Waals surface area contributed by atoms with Gasteiger partial charge in [0.2, 0.25) is 0 Å². The van der Waals surface area contributed by atoms with Gasteiger partial charge in [0.25, 0.3) is 0 Å². The lowest BCUT2D eigenvalue weighted by atomic mass is 10.1. The first-order valence-corrected chi connectivity index (χ1v) is 8.39. The van der Waals surface area contributed by atoms with Gasteiger partial charge < -0.3 is 10.1 Å². The Hall–Kier alpha value is -1.77. The Labute approximate surface area is 133 Å². The predicted molar refractivity (Wildman–Crippen MR) is 91.8 cm³/mol.